The average Bonchev–Trinajstić information content (AvgIpc) is 3.25. The lowest BCUT2D eigenvalue weighted by atomic mass is 10.2. The Morgan fingerprint density at radius 2 is 1.57 bits per heavy atom. The van der Waals surface area contributed by atoms with Crippen LogP contribution in [0.4, 0.5) is 0 Å². The van der Waals surface area contributed by atoms with Crippen LogP contribution in [0.15, 0.2) is 82.6 Å². The van der Waals surface area contributed by atoms with Crippen molar-refractivity contribution in [3.05, 3.63) is 95.6 Å². The summed E-state index contributed by atoms with van der Waals surface area (Å²) in [7, 11) is 0. The van der Waals surface area contributed by atoms with Crippen LogP contribution in [0.2, 0.25) is 0 Å². The highest BCUT2D eigenvalue weighted by Crippen LogP contribution is 2.23. The third kappa shape index (κ3) is 5.84. The minimum atomic E-state index is 0.249. The molecule has 2 aromatic heterocycles. The predicted octanol–water partition coefficient (Wildman–Crippen LogP) is 5.22. The molecule has 0 atom stereocenters. The Labute approximate surface area is 179 Å². The van der Waals surface area contributed by atoms with Crippen LogP contribution in [0.1, 0.15) is 22.7 Å². The molecule has 0 saturated carbocycles. The van der Waals surface area contributed by atoms with E-state index < -0.39 is 0 Å². The number of ether oxygens (including phenoxy) is 2. The quantitative estimate of drug-likeness (QED) is 0.344. The van der Waals surface area contributed by atoms with Crippen LogP contribution in [-0.2, 0) is 19.0 Å². The molecule has 0 bridgehead atoms. The van der Waals surface area contributed by atoms with E-state index in [4.69, 9.17) is 13.9 Å². The van der Waals surface area contributed by atoms with Gasteiger partial charge in [0.05, 0.1) is 5.69 Å². The molecule has 4 rings (SSSR count). The van der Waals surface area contributed by atoms with E-state index in [1.807, 2.05) is 73.7 Å². The van der Waals surface area contributed by atoms with Crippen LogP contribution in [0, 0.1) is 6.92 Å². The number of rotatable bonds is 9. The minimum Gasteiger partial charge on any atom is -0.487 e. The van der Waals surface area contributed by atoms with Crippen molar-refractivity contribution >= 4 is 11.8 Å². The average molecular weight is 420 g/mol. The van der Waals surface area contributed by atoms with Gasteiger partial charge in [-0.25, -0.2) is 0 Å². The summed E-state index contributed by atoms with van der Waals surface area (Å²) in [6, 6.07) is 21.6. The molecule has 0 radical (unpaired) electrons. The number of hydrogen-bond donors (Lipinski definition) is 0. The molecule has 0 saturated heterocycles. The maximum absolute atomic E-state index is 5.76. The van der Waals surface area contributed by atoms with Gasteiger partial charge in [-0.1, -0.05) is 47.7 Å². The summed E-state index contributed by atoms with van der Waals surface area (Å²) in [6.07, 6.45) is 1.76. The van der Waals surface area contributed by atoms with Gasteiger partial charge in [0, 0.05) is 11.9 Å². The van der Waals surface area contributed by atoms with E-state index in [0.717, 1.165) is 28.5 Å². The summed E-state index contributed by atoms with van der Waals surface area (Å²) in [6.45, 7) is 2.73. The molecular weight excluding hydrogens is 398 g/mol. The first kappa shape index (κ1) is 20.0. The second-order valence-corrected chi connectivity index (χ2v) is 7.53. The lowest BCUT2D eigenvalue weighted by Gasteiger charge is -2.06. The van der Waals surface area contributed by atoms with E-state index in [-0.39, 0.29) is 6.61 Å². The zero-order chi connectivity index (χ0) is 20.6. The first-order valence-corrected chi connectivity index (χ1v) is 10.5. The molecule has 152 valence electrons. The normalized spacial score (nSPS) is 10.7. The SMILES string of the molecule is Cc1ccc(OCc2nnc(SCc3ccc(OCc4ccccn4)cc3)o2)cc1. The van der Waals surface area contributed by atoms with Gasteiger partial charge in [0.1, 0.15) is 18.1 Å². The van der Waals surface area contributed by atoms with Crippen LogP contribution < -0.4 is 9.47 Å². The molecule has 30 heavy (non-hydrogen) atoms. The van der Waals surface area contributed by atoms with E-state index in [1.54, 1.807) is 6.20 Å². The van der Waals surface area contributed by atoms with Crippen molar-refractivity contribution in [3.8, 4) is 11.5 Å². The first-order chi connectivity index (χ1) is 14.7. The van der Waals surface area contributed by atoms with E-state index in [0.29, 0.717) is 17.7 Å². The van der Waals surface area contributed by atoms with E-state index in [1.165, 1.54) is 17.3 Å². The number of aryl methyl sites for hydroxylation is 1. The molecule has 0 unspecified atom stereocenters. The number of hydrogen-bond acceptors (Lipinski definition) is 7. The van der Waals surface area contributed by atoms with E-state index >= 15 is 0 Å². The Hall–Kier alpha value is -3.32. The molecule has 0 aliphatic rings. The van der Waals surface area contributed by atoms with Crippen LogP contribution in [0.5, 0.6) is 11.5 Å². The Bertz CT molecular complexity index is 1050. The Balaban J connectivity index is 1.23. The summed E-state index contributed by atoms with van der Waals surface area (Å²) in [5, 5.41) is 8.63. The van der Waals surface area contributed by atoms with E-state index in [2.05, 4.69) is 15.2 Å². The summed E-state index contributed by atoms with van der Waals surface area (Å²) in [5.74, 6) is 2.76. The maximum Gasteiger partial charge on any atom is 0.277 e. The third-order valence-electron chi connectivity index (χ3n) is 4.23. The number of aromatic nitrogens is 3. The van der Waals surface area contributed by atoms with Gasteiger partial charge in [-0.3, -0.25) is 4.98 Å². The molecule has 0 spiro atoms. The first-order valence-electron chi connectivity index (χ1n) is 9.51. The van der Waals surface area contributed by atoms with Gasteiger partial charge in [0.15, 0.2) is 6.61 Å². The second kappa shape index (κ2) is 9.93. The number of benzene rings is 2. The number of nitrogens with zero attached hydrogens (tertiary/aromatic N) is 3. The molecule has 0 aliphatic heterocycles. The van der Waals surface area contributed by atoms with Crippen molar-refractivity contribution < 1.29 is 13.9 Å². The Morgan fingerprint density at radius 1 is 0.833 bits per heavy atom. The van der Waals surface area contributed by atoms with Gasteiger partial charge in [0.2, 0.25) is 0 Å². The van der Waals surface area contributed by atoms with Crippen LogP contribution in [0.3, 0.4) is 0 Å². The molecule has 0 amide bonds. The van der Waals surface area contributed by atoms with Crippen molar-refractivity contribution in [1.82, 2.24) is 15.2 Å². The zero-order valence-electron chi connectivity index (χ0n) is 16.5. The van der Waals surface area contributed by atoms with Crippen molar-refractivity contribution in [1.29, 1.82) is 0 Å². The molecular formula is C23H21N3O3S. The van der Waals surface area contributed by atoms with Gasteiger partial charge in [-0.2, -0.15) is 0 Å². The molecule has 2 aromatic carbocycles. The fourth-order valence-electron chi connectivity index (χ4n) is 2.60. The summed E-state index contributed by atoms with van der Waals surface area (Å²) in [4.78, 5) is 4.25. The smallest absolute Gasteiger partial charge is 0.277 e. The van der Waals surface area contributed by atoms with Gasteiger partial charge in [0.25, 0.3) is 11.1 Å². The van der Waals surface area contributed by atoms with Gasteiger partial charge in [-0.15, -0.1) is 10.2 Å². The summed E-state index contributed by atoms with van der Waals surface area (Å²) >= 11 is 1.49. The van der Waals surface area contributed by atoms with Crippen molar-refractivity contribution in [2.24, 2.45) is 0 Å². The number of pyridine rings is 1. The van der Waals surface area contributed by atoms with Gasteiger partial charge in [-0.05, 0) is 48.9 Å². The highest BCUT2D eigenvalue weighted by Gasteiger charge is 2.08. The standard InChI is InChI=1S/C23H21N3O3S/c1-17-5-9-20(10-6-17)28-15-22-25-26-23(29-22)30-16-18-7-11-21(12-8-18)27-14-19-4-2-3-13-24-19/h2-13H,14-16H2,1H3. The Kier molecular flexibility index (Phi) is 6.61. The van der Waals surface area contributed by atoms with Crippen LogP contribution in [0.25, 0.3) is 0 Å². The van der Waals surface area contributed by atoms with Crippen LogP contribution in [-0.4, -0.2) is 15.2 Å². The molecule has 0 N–H and O–H groups in total. The Morgan fingerprint density at radius 3 is 2.30 bits per heavy atom. The number of thioether (sulfide) groups is 1. The van der Waals surface area contributed by atoms with E-state index in [9.17, 15) is 0 Å². The molecule has 6 nitrogen and oxygen atoms in total. The summed E-state index contributed by atoms with van der Waals surface area (Å²) in [5.41, 5.74) is 3.23. The van der Waals surface area contributed by atoms with Gasteiger partial charge < -0.3 is 13.9 Å². The van der Waals surface area contributed by atoms with Crippen molar-refractivity contribution in [2.45, 2.75) is 31.1 Å². The largest absolute Gasteiger partial charge is 0.487 e. The lowest BCUT2D eigenvalue weighted by Crippen LogP contribution is -1.97. The monoisotopic (exact) mass is 419 g/mol. The molecule has 4 aromatic rings. The molecule has 0 aliphatic carbocycles. The molecule has 2 heterocycles. The summed E-state index contributed by atoms with van der Waals surface area (Å²) < 4.78 is 17.1. The van der Waals surface area contributed by atoms with Gasteiger partial charge >= 0.3 is 0 Å². The lowest BCUT2D eigenvalue weighted by molar-refractivity contribution is 0.252. The van der Waals surface area contributed by atoms with Crippen molar-refractivity contribution in [2.75, 3.05) is 0 Å². The third-order valence-corrected chi connectivity index (χ3v) is 5.12. The molecule has 0 fully saturated rings. The molecule has 7 heteroatoms. The predicted molar refractivity (Wildman–Crippen MR) is 114 cm³/mol. The highest BCUT2D eigenvalue weighted by molar-refractivity contribution is 7.98. The highest BCUT2D eigenvalue weighted by atomic mass is 32.2. The topological polar surface area (TPSA) is 70.3 Å². The zero-order valence-corrected chi connectivity index (χ0v) is 17.3. The van der Waals surface area contributed by atoms with Crippen LogP contribution >= 0.6 is 11.8 Å². The second-order valence-electron chi connectivity index (χ2n) is 6.61. The van der Waals surface area contributed by atoms with Crippen molar-refractivity contribution in [3.63, 3.8) is 0 Å². The fraction of sp³-hybridized carbons (Fsp3) is 0.174. The maximum atomic E-state index is 5.76. The minimum absolute atomic E-state index is 0.249. The fourth-order valence-corrected chi connectivity index (χ4v) is 3.34.